The van der Waals surface area contributed by atoms with Gasteiger partial charge in [-0.2, -0.15) is 0 Å². The predicted molar refractivity (Wildman–Crippen MR) is 406 cm³/mol. The standard InChI is InChI=1S/C89H122O15/c1-3-5-7-9-11-13-15-17-19-21-23-25-45-59-79(90)92-66-76(101-80(91)60-46-26-24-22-20-18-16-14-12-10-8-6-4-2)67-98-88-85(96-64-73-53-39-30-40-54-73)83(94-62-71-49-35-28-36-50-71)81(93-61-70-47-33-27-34-48-70)77(102-88)68-100-89-86(97-65-74-55-41-31-42-56-74)84(95-63-72-51-37-29-38-52-72)82-78(103-89)69-99-87(104-82)75-57-43-32-44-58-75/h27-44,47-58,76-78,81-89H,3-26,45-46,59-69H2,1-2H3/t76-,77-,78-,81+,82+,83+,84+,85-,86-,87?,88-,89-/m1/s1. The quantitative estimate of drug-likeness (QED) is 0.0263. The number of unbranched alkanes of at least 4 members (excludes halogenated alkanes) is 24. The first-order valence-electron chi connectivity index (χ1n) is 39.9. The number of carbonyl (C=O) groups excluding carboxylic acids is 2. The van der Waals surface area contributed by atoms with Crippen molar-refractivity contribution in [2.24, 2.45) is 0 Å². The lowest BCUT2D eigenvalue weighted by Gasteiger charge is -2.50. The van der Waals surface area contributed by atoms with Gasteiger partial charge in [0.05, 0.1) is 52.9 Å². The number of esters is 2. The number of hydrogen-bond donors (Lipinski definition) is 0. The van der Waals surface area contributed by atoms with E-state index < -0.39 is 73.8 Å². The zero-order valence-electron chi connectivity index (χ0n) is 62.5. The van der Waals surface area contributed by atoms with Crippen LogP contribution in [0.5, 0.6) is 0 Å². The molecule has 0 aliphatic carbocycles. The third kappa shape index (κ3) is 30.2. The highest BCUT2D eigenvalue weighted by molar-refractivity contribution is 5.70. The smallest absolute Gasteiger partial charge is 0.306 e. The Balaban J connectivity index is 0.962. The lowest BCUT2D eigenvalue weighted by molar-refractivity contribution is -0.380. The first-order chi connectivity index (χ1) is 51.4. The molecule has 3 heterocycles. The van der Waals surface area contributed by atoms with Crippen LogP contribution in [-0.2, 0) is 104 Å². The van der Waals surface area contributed by atoms with Crippen molar-refractivity contribution in [3.63, 3.8) is 0 Å². The van der Waals surface area contributed by atoms with Crippen LogP contribution in [0.2, 0.25) is 0 Å². The summed E-state index contributed by atoms with van der Waals surface area (Å²) < 4.78 is 89.6. The molecule has 9 rings (SSSR count). The number of hydrogen-bond acceptors (Lipinski definition) is 15. The molecule has 104 heavy (non-hydrogen) atoms. The van der Waals surface area contributed by atoms with E-state index in [1.54, 1.807) is 0 Å². The van der Waals surface area contributed by atoms with Crippen LogP contribution in [0.3, 0.4) is 0 Å². The van der Waals surface area contributed by atoms with E-state index in [0.717, 1.165) is 78.3 Å². The normalized spacial score (nSPS) is 22.0. The Bertz CT molecular complexity index is 3130. The van der Waals surface area contributed by atoms with E-state index in [2.05, 4.69) is 13.8 Å². The van der Waals surface area contributed by atoms with Crippen molar-refractivity contribution >= 4 is 11.9 Å². The summed E-state index contributed by atoms with van der Waals surface area (Å²) >= 11 is 0. The molecule has 0 radical (unpaired) electrons. The molecule has 6 aromatic rings. The first kappa shape index (κ1) is 81.9. The fourth-order valence-corrected chi connectivity index (χ4v) is 14.0. The van der Waals surface area contributed by atoms with Gasteiger partial charge >= 0.3 is 11.9 Å². The summed E-state index contributed by atoms with van der Waals surface area (Å²) in [5.74, 6) is -0.722. The molecular formula is C89H122O15. The molecule has 0 bridgehead atoms. The van der Waals surface area contributed by atoms with E-state index in [1.807, 2.05) is 182 Å². The number of rotatable bonds is 53. The second-order valence-corrected chi connectivity index (χ2v) is 28.5. The van der Waals surface area contributed by atoms with Crippen LogP contribution in [0.1, 0.15) is 233 Å². The number of ether oxygens (including phenoxy) is 13. The van der Waals surface area contributed by atoms with Gasteiger partial charge in [0.15, 0.2) is 25.0 Å². The Morgan fingerprint density at radius 3 is 1.14 bits per heavy atom. The number of benzene rings is 6. The minimum Gasteiger partial charge on any atom is -0.462 e. The summed E-state index contributed by atoms with van der Waals surface area (Å²) in [6.45, 7) is 5.18. The van der Waals surface area contributed by atoms with Gasteiger partial charge in [-0.3, -0.25) is 9.59 Å². The zero-order chi connectivity index (χ0) is 72.1. The minimum atomic E-state index is -1.19. The fourth-order valence-electron chi connectivity index (χ4n) is 14.0. The van der Waals surface area contributed by atoms with Gasteiger partial charge in [0, 0.05) is 18.4 Å². The molecule has 3 saturated heterocycles. The third-order valence-electron chi connectivity index (χ3n) is 19.9. The third-order valence-corrected chi connectivity index (χ3v) is 19.9. The molecule has 0 amide bonds. The lowest BCUT2D eigenvalue weighted by atomic mass is 9.96. The highest BCUT2D eigenvalue weighted by atomic mass is 16.8. The molecule has 3 fully saturated rings. The van der Waals surface area contributed by atoms with Gasteiger partial charge < -0.3 is 61.6 Å². The van der Waals surface area contributed by atoms with Crippen molar-refractivity contribution < 1.29 is 71.2 Å². The summed E-state index contributed by atoms with van der Waals surface area (Å²) in [6, 6.07) is 59.8. The summed E-state index contributed by atoms with van der Waals surface area (Å²) in [5.41, 5.74) is 5.57. The van der Waals surface area contributed by atoms with E-state index in [4.69, 9.17) is 61.6 Å². The molecule has 0 N–H and O–H groups in total. The van der Waals surface area contributed by atoms with Crippen LogP contribution in [0.25, 0.3) is 0 Å². The van der Waals surface area contributed by atoms with Crippen LogP contribution in [0.4, 0.5) is 0 Å². The molecule has 15 heteroatoms. The lowest BCUT2D eigenvalue weighted by Crippen LogP contribution is -2.65. The van der Waals surface area contributed by atoms with Crippen molar-refractivity contribution in [1.29, 1.82) is 0 Å². The maximum Gasteiger partial charge on any atom is 0.306 e. The minimum absolute atomic E-state index is 0.128. The Kier molecular flexibility index (Phi) is 39.1. The van der Waals surface area contributed by atoms with Crippen LogP contribution in [-0.4, -0.2) is 106 Å². The Morgan fingerprint density at radius 2 is 0.712 bits per heavy atom. The SMILES string of the molecule is CCCCCCCCCCCCCCCC(=O)OC[C@H](CO[C@@H]1O[C@H](CO[C@@H]2O[C@@H]3COC(c4ccccc4)O[C@@H]3[C@H](OCc3ccccc3)[C@H]2OCc2ccccc2)[C@H](OCc2ccccc2)[C@H](OCc2ccccc2)[C@H]1OCc1ccccc1)OC(=O)CCCCCCCCCCCCCCC. The molecule has 12 atom stereocenters. The van der Waals surface area contributed by atoms with E-state index >= 15 is 0 Å². The number of carbonyl (C=O) groups is 2. The zero-order valence-corrected chi connectivity index (χ0v) is 62.5. The average Bonchev–Trinajstić information content (AvgIpc) is 0.773. The van der Waals surface area contributed by atoms with E-state index in [0.29, 0.717) is 6.42 Å². The summed E-state index contributed by atoms with van der Waals surface area (Å²) in [6.07, 6.45) is 21.2. The first-order valence-corrected chi connectivity index (χ1v) is 39.9. The second-order valence-electron chi connectivity index (χ2n) is 28.5. The Labute approximate surface area is 622 Å². The molecule has 0 saturated carbocycles. The van der Waals surface area contributed by atoms with Gasteiger partial charge in [0.25, 0.3) is 0 Å². The summed E-state index contributed by atoms with van der Waals surface area (Å²) in [4.78, 5) is 27.7. The van der Waals surface area contributed by atoms with Crippen molar-refractivity contribution in [3.05, 3.63) is 215 Å². The van der Waals surface area contributed by atoms with Gasteiger partial charge in [-0.05, 0) is 40.7 Å². The van der Waals surface area contributed by atoms with Crippen molar-refractivity contribution in [1.82, 2.24) is 0 Å². The van der Waals surface area contributed by atoms with Crippen LogP contribution >= 0.6 is 0 Å². The molecule has 6 aromatic carbocycles. The van der Waals surface area contributed by atoms with E-state index in [-0.39, 0.29) is 84.2 Å². The maximum absolute atomic E-state index is 14.1. The van der Waals surface area contributed by atoms with E-state index in [1.165, 1.54) is 116 Å². The highest BCUT2D eigenvalue weighted by Gasteiger charge is 2.54. The van der Waals surface area contributed by atoms with Crippen LogP contribution < -0.4 is 0 Å². The second kappa shape index (κ2) is 49.6. The van der Waals surface area contributed by atoms with Crippen molar-refractivity contribution in [2.75, 3.05) is 26.4 Å². The average molecular weight is 1430 g/mol. The molecule has 1 unspecified atom stereocenters. The van der Waals surface area contributed by atoms with Gasteiger partial charge in [0.1, 0.15) is 55.4 Å². The summed E-state index contributed by atoms with van der Waals surface area (Å²) in [7, 11) is 0. The highest BCUT2D eigenvalue weighted by Crippen LogP contribution is 2.39. The van der Waals surface area contributed by atoms with Gasteiger partial charge in [-0.25, -0.2) is 0 Å². The Morgan fingerprint density at radius 1 is 0.356 bits per heavy atom. The maximum atomic E-state index is 14.1. The molecule has 3 aliphatic rings. The topological polar surface area (TPSA) is 154 Å². The molecule has 0 aromatic heterocycles. The van der Waals surface area contributed by atoms with Gasteiger partial charge in [0.2, 0.25) is 0 Å². The molecule has 15 nitrogen and oxygen atoms in total. The molecule has 568 valence electrons. The molecule has 3 aliphatic heterocycles. The van der Waals surface area contributed by atoms with Crippen molar-refractivity contribution in [3.8, 4) is 0 Å². The monoisotopic (exact) mass is 1430 g/mol. The largest absolute Gasteiger partial charge is 0.462 e. The number of fused-ring (bicyclic) bond motifs is 1. The van der Waals surface area contributed by atoms with Crippen LogP contribution in [0.15, 0.2) is 182 Å². The van der Waals surface area contributed by atoms with Crippen LogP contribution in [0, 0.1) is 0 Å². The summed E-state index contributed by atoms with van der Waals surface area (Å²) in [5, 5.41) is 0. The van der Waals surface area contributed by atoms with E-state index in [9.17, 15) is 9.59 Å². The van der Waals surface area contributed by atoms with Gasteiger partial charge in [-0.1, -0.05) is 350 Å². The molecule has 0 spiro atoms. The van der Waals surface area contributed by atoms with Gasteiger partial charge in [-0.15, -0.1) is 0 Å². The fraction of sp³-hybridized carbons (Fsp3) is 0.573. The molecular weight excluding hydrogens is 1310 g/mol. The predicted octanol–water partition coefficient (Wildman–Crippen LogP) is 19.9. The van der Waals surface area contributed by atoms with Crippen molar-refractivity contribution in [2.45, 2.75) is 300 Å². The Hall–Kier alpha value is -6.18.